The second kappa shape index (κ2) is 20.1. The topological polar surface area (TPSA) is 167 Å². The van der Waals surface area contributed by atoms with Crippen LogP contribution in [-0.4, -0.2) is 103 Å². The van der Waals surface area contributed by atoms with Crippen molar-refractivity contribution in [2.75, 3.05) is 35.5 Å². The Labute approximate surface area is 373 Å². The molecule has 348 valence electrons. The van der Waals surface area contributed by atoms with Crippen LogP contribution in [0.1, 0.15) is 87.0 Å². The summed E-state index contributed by atoms with van der Waals surface area (Å²) < 4.78 is 59.8. The number of methoxy groups -OCH3 is 5. The van der Waals surface area contributed by atoms with Crippen molar-refractivity contribution in [2.45, 2.75) is 136 Å². The Bertz CT molecular complexity index is 2080. The van der Waals surface area contributed by atoms with Gasteiger partial charge < -0.3 is 57.3 Å². The number of cyclic esters (lactones) is 1. The highest BCUT2D eigenvalue weighted by atomic mass is 28.4. The summed E-state index contributed by atoms with van der Waals surface area (Å²) in [4.78, 5) is 26.5. The molecule has 0 amide bonds. The van der Waals surface area contributed by atoms with E-state index in [1.54, 1.807) is 40.6 Å². The molecule has 2 aliphatic heterocycles. The highest BCUT2D eigenvalue weighted by Crippen LogP contribution is 2.47. The van der Waals surface area contributed by atoms with E-state index in [1.807, 2.05) is 58.0 Å². The smallest absolute Gasteiger partial charge is 0.342 e. The molecule has 0 saturated carbocycles. The Morgan fingerprint density at radius 3 is 1.87 bits per heavy atom. The van der Waals surface area contributed by atoms with E-state index in [0.29, 0.717) is 40.7 Å². The Balaban J connectivity index is 1.45. The lowest BCUT2D eigenvalue weighted by Gasteiger charge is -2.52. The number of fused-ring (bicyclic) bond motifs is 1. The first-order valence-corrected chi connectivity index (χ1v) is 24.3. The summed E-state index contributed by atoms with van der Waals surface area (Å²) >= 11 is 0. The van der Waals surface area contributed by atoms with Gasteiger partial charge in [-0.2, -0.15) is 0 Å². The van der Waals surface area contributed by atoms with E-state index in [4.69, 9.17) is 47.1 Å². The van der Waals surface area contributed by atoms with Gasteiger partial charge in [0.05, 0.1) is 52.9 Å². The van der Waals surface area contributed by atoms with E-state index >= 15 is 0 Å². The highest BCUT2D eigenvalue weighted by molar-refractivity contribution is 6.74. The molecule has 5 rings (SSSR count). The van der Waals surface area contributed by atoms with Gasteiger partial charge in [0.2, 0.25) is 0 Å². The zero-order valence-corrected chi connectivity index (χ0v) is 40.4. The minimum absolute atomic E-state index is 0.0981. The van der Waals surface area contributed by atoms with E-state index in [1.165, 1.54) is 7.11 Å². The molecule has 14 nitrogen and oxygen atoms in total. The molecule has 3 aromatic carbocycles. The minimum Gasteiger partial charge on any atom is -0.493 e. The summed E-state index contributed by atoms with van der Waals surface area (Å²) in [6, 6.07) is 12.7. The fourth-order valence-electron chi connectivity index (χ4n) is 8.07. The molecule has 0 aromatic heterocycles. The van der Waals surface area contributed by atoms with Crippen molar-refractivity contribution in [2.24, 2.45) is 11.3 Å². The summed E-state index contributed by atoms with van der Waals surface area (Å²) in [6.45, 7) is 18.9. The summed E-state index contributed by atoms with van der Waals surface area (Å²) in [7, 11) is 5.30. The molecular formula is C48H68O14Si. The maximum atomic E-state index is 14.2. The quantitative estimate of drug-likeness (QED) is 0.0871. The molecule has 0 aliphatic carbocycles. The molecule has 0 spiro atoms. The lowest BCUT2D eigenvalue weighted by atomic mass is 9.72. The maximum absolute atomic E-state index is 14.2. The van der Waals surface area contributed by atoms with Gasteiger partial charge in [-0.15, -0.1) is 0 Å². The first kappa shape index (κ1) is 49.5. The van der Waals surface area contributed by atoms with Gasteiger partial charge in [-0.05, 0) is 71.6 Å². The lowest BCUT2D eigenvalue weighted by molar-refractivity contribution is -0.213. The molecule has 15 heteroatoms. The van der Waals surface area contributed by atoms with E-state index in [-0.39, 0.29) is 48.5 Å². The molecular weight excluding hydrogens is 829 g/mol. The van der Waals surface area contributed by atoms with Crippen molar-refractivity contribution in [3.8, 4) is 34.5 Å². The number of benzene rings is 3. The molecule has 0 radical (unpaired) electrons. The number of ether oxygens (including phenoxy) is 9. The Morgan fingerprint density at radius 1 is 0.841 bits per heavy atom. The Kier molecular flexibility index (Phi) is 15.8. The van der Waals surface area contributed by atoms with Crippen LogP contribution in [0.25, 0.3) is 0 Å². The molecule has 3 aromatic rings. The van der Waals surface area contributed by atoms with Gasteiger partial charge in [0.1, 0.15) is 36.4 Å². The van der Waals surface area contributed by atoms with E-state index in [0.717, 1.165) is 16.7 Å². The summed E-state index contributed by atoms with van der Waals surface area (Å²) in [6.07, 6.45) is -4.08. The van der Waals surface area contributed by atoms with Gasteiger partial charge in [-0.25, -0.2) is 9.59 Å². The number of aliphatic hydroxyl groups excluding tert-OH is 1. The fourth-order valence-corrected chi connectivity index (χ4v) is 9.53. The van der Waals surface area contributed by atoms with Gasteiger partial charge in [0.15, 0.2) is 37.4 Å². The van der Waals surface area contributed by atoms with Gasteiger partial charge >= 0.3 is 11.9 Å². The van der Waals surface area contributed by atoms with Crippen LogP contribution < -0.4 is 28.4 Å². The molecule has 1 fully saturated rings. The standard InChI is InChI=1S/C48H68O14Si/c1-27-31-21-36(28(2)32(49)22-41-48(6,7)42(62-63(13,14)47(3,4)5)24-40(60-41)44(57-12)45(50)51)61-46(52)43(31)39(59-26-30-16-18-34(54-9)38(20-30)56-11)23-35(27)58-25-29-15-17-33(53-8)37(19-29)55-10/h15-20,23,28,32,36,40-42,44,49H,21-22,24-26H2,1-14H3,(H,50,51)/t28-,32+,36-,40+,41-,42-,44+/m1/s1. The first-order chi connectivity index (χ1) is 29.6. The van der Waals surface area contributed by atoms with Crippen LogP contribution in [0.2, 0.25) is 18.1 Å². The van der Waals surface area contributed by atoms with Crippen LogP contribution >= 0.6 is 0 Å². The van der Waals surface area contributed by atoms with Crippen molar-refractivity contribution in [3.05, 3.63) is 70.3 Å². The summed E-state index contributed by atoms with van der Waals surface area (Å²) in [5.41, 5.74) is 2.69. The van der Waals surface area contributed by atoms with Crippen LogP contribution in [0.15, 0.2) is 42.5 Å². The van der Waals surface area contributed by atoms with Crippen molar-refractivity contribution in [1.82, 2.24) is 0 Å². The molecule has 0 bridgehead atoms. The number of carboxylic acids is 1. The summed E-state index contributed by atoms with van der Waals surface area (Å²) in [5.74, 6) is 0.775. The monoisotopic (exact) mass is 896 g/mol. The molecule has 63 heavy (non-hydrogen) atoms. The largest absolute Gasteiger partial charge is 0.493 e. The Hall–Kier alpha value is -4.54. The number of hydrogen-bond donors (Lipinski definition) is 2. The molecule has 2 heterocycles. The first-order valence-electron chi connectivity index (χ1n) is 21.4. The van der Waals surface area contributed by atoms with Crippen molar-refractivity contribution in [1.29, 1.82) is 0 Å². The number of esters is 1. The average Bonchev–Trinajstić information content (AvgIpc) is 3.23. The van der Waals surface area contributed by atoms with Crippen LogP contribution in [-0.2, 0) is 43.1 Å². The normalized spacial score (nSPS) is 21.3. The fraction of sp³-hybridized carbons (Fsp3) is 0.583. The molecule has 2 aliphatic rings. The SMILES string of the molecule is COc1ccc(COc2cc(OCc3ccc(OC)c(OC)c3)c3c(c2C)C[C@H]([C@H](C)[C@@H](O)C[C@H]2O[C@H]([C@H](OC)C(=O)O)C[C@@H](O[Si](C)(C)C(C)(C)C)C2(C)C)OC3=O)cc1OC. The second-order valence-electron chi connectivity index (χ2n) is 18.7. The lowest BCUT2D eigenvalue weighted by Crippen LogP contribution is -2.59. The molecule has 1 saturated heterocycles. The number of carbonyl (C=O) groups is 2. The van der Waals surface area contributed by atoms with Gasteiger partial charge in [0.25, 0.3) is 0 Å². The zero-order valence-electron chi connectivity index (χ0n) is 39.4. The minimum atomic E-state index is -2.33. The van der Waals surface area contributed by atoms with Gasteiger partial charge in [0, 0.05) is 43.8 Å². The maximum Gasteiger partial charge on any atom is 0.342 e. The van der Waals surface area contributed by atoms with Gasteiger partial charge in [-0.3, -0.25) is 0 Å². The van der Waals surface area contributed by atoms with Crippen molar-refractivity contribution in [3.63, 3.8) is 0 Å². The van der Waals surface area contributed by atoms with E-state index in [9.17, 15) is 19.8 Å². The highest BCUT2D eigenvalue weighted by Gasteiger charge is 2.53. The van der Waals surface area contributed by atoms with Crippen LogP contribution in [0.4, 0.5) is 0 Å². The van der Waals surface area contributed by atoms with Crippen LogP contribution in [0.3, 0.4) is 0 Å². The third-order valence-corrected chi connectivity index (χ3v) is 17.8. The summed E-state index contributed by atoms with van der Waals surface area (Å²) in [5, 5.41) is 22.0. The predicted octanol–water partition coefficient (Wildman–Crippen LogP) is 8.33. The van der Waals surface area contributed by atoms with Crippen LogP contribution in [0, 0.1) is 18.3 Å². The number of aliphatic carboxylic acids is 1. The molecule has 2 N–H and O–H groups in total. The van der Waals surface area contributed by atoms with Crippen molar-refractivity contribution < 1.29 is 66.9 Å². The number of carboxylic acid groups (broad SMARTS) is 1. The third-order valence-electron chi connectivity index (χ3n) is 13.4. The van der Waals surface area contributed by atoms with Crippen molar-refractivity contribution >= 4 is 20.3 Å². The van der Waals surface area contributed by atoms with Gasteiger partial charge in [-0.1, -0.05) is 53.7 Å². The van der Waals surface area contributed by atoms with Crippen LogP contribution in [0.5, 0.6) is 34.5 Å². The number of carbonyl (C=O) groups excluding carboxylic acids is 1. The number of hydrogen-bond acceptors (Lipinski definition) is 13. The molecule has 7 atom stereocenters. The number of rotatable bonds is 19. The van der Waals surface area contributed by atoms with E-state index < -0.39 is 62.1 Å². The zero-order chi connectivity index (χ0) is 46.6. The third kappa shape index (κ3) is 10.9. The predicted molar refractivity (Wildman–Crippen MR) is 239 cm³/mol. The second-order valence-corrected chi connectivity index (χ2v) is 23.5. The number of aliphatic hydroxyl groups is 1. The molecule has 0 unspecified atom stereocenters. The average molecular weight is 897 g/mol. The Morgan fingerprint density at radius 2 is 1.38 bits per heavy atom. The van der Waals surface area contributed by atoms with E-state index in [2.05, 4.69) is 33.9 Å².